The van der Waals surface area contributed by atoms with E-state index in [4.69, 9.17) is 14.1 Å². The highest BCUT2D eigenvalue weighted by molar-refractivity contribution is 7.55. The van der Waals surface area contributed by atoms with Gasteiger partial charge in [0.1, 0.15) is 17.2 Å². The number of hydrogen-bond donors (Lipinski definition) is 1. The van der Waals surface area contributed by atoms with Crippen molar-refractivity contribution in [3.8, 4) is 28.6 Å². The molecule has 6 aromatic rings. The van der Waals surface area contributed by atoms with Crippen molar-refractivity contribution in [2.24, 2.45) is 0 Å². The van der Waals surface area contributed by atoms with Gasteiger partial charge in [-0.05, 0) is 60.7 Å². The predicted octanol–water partition coefficient (Wildman–Crippen LogP) is 8.40. The highest BCUT2D eigenvalue weighted by atomic mass is 31.2. The first-order valence-corrected chi connectivity index (χ1v) is 14.8. The normalized spacial score (nSPS) is 11.9. The van der Waals surface area contributed by atoms with Gasteiger partial charge in [0.15, 0.2) is 5.78 Å². The number of hydrogen-bond acceptors (Lipinski definition) is 6. The molecule has 0 bridgehead atoms. The Morgan fingerprint density at radius 2 is 1.20 bits per heavy atom. The molecule has 1 N–H and O–H groups in total. The lowest BCUT2D eigenvalue weighted by molar-refractivity contribution is 0.376. The molecule has 0 saturated carbocycles. The third kappa shape index (κ3) is 6.06. The summed E-state index contributed by atoms with van der Waals surface area (Å²) >= 11 is 0. The molecule has 2 aromatic heterocycles. The van der Waals surface area contributed by atoms with Crippen molar-refractivity contribution < 1.29 is 13.6 Å². The van der Waals surface area contributed by atoms with Gasteiger partial charge in [-0.15, -0.1) is 0 Å². The molecule has 7 nitrogen and oxygen atoms in total. The monoisotopic (exact) mass is 558 g/mol. The molecule has 4 aromatic carbocycles. The average molecular weight is 559 g/mol. The second-order valence-corrected chi connectivity index (χ2v) is 11.2. The summed E-state index contributed by atoms with van der Waals surface area (Å²) in [6.07, 6.45) is 3.57. The number of nitrogens with zero attached hydrogens (tertiary/aromatic N) is 3. The van der Waals surface area contributed by atoms with Crippen LogP contribution in [0.1, 0.15) is 11.3 Å². The van der Waals surface area contributed by atoms with Crippen molar-refractivity contribution in [1.82, 2.24) is 14.8 Å². The Labute approximate surface area is 238 Å². The van der Waals surface area contributed by atoms with E-state index in [-0.39, 0.29) is 0 Å². The topological polar surface area (TPSA) is 78.3 Å². The molecule has 0 saturated heterocycles. The summed E-state index contributed by atoms with van der Waals surface area (Å²) in [6, 6.07) is 43.0. The summed E-state index contributed by atoms with van der Waals surface area (Å²) in [5.74, 6) is -0.136. The van der Waals surface area contributed by atoms with Crippen LogP contribution in [0.3, 0.4) is 0 Å². The largest absolute Gasteiger partial charge is 0.457 e. The van der Waals surface area contributed by atoms with Gasteiger partial charge in [0.05, 0.1) is 11.4 Å². The van der Waals surface area contributed by atoms with Crippen LogP contribution in [0.15, 0.2) is 152 Å². The van der Waals surface area contributed by atoms with Crippen molar-refractivity contribution in [2.45, 2.75) is 5.78 Å². The Kier molecular flexibility index (Phi) is 7.61. The van der Waals surface area contributed by atoms with E-state index in [0.717, 1.165) is 11.4 Å². The lowest BCUT2D eigenvalue weighted by atomic mass is 10.1. The molecule has 41 heavy (non-hydrogen) atoms. The fraction of sp³-hybridized carbons (Fsp3) is 0.0303. The molecule has 1 atom stereocenters. The Morgan fingerprint density at radius 1 is 0.659 bits per heavy atom. The maximum atomic E-state index is 15.2. The first-order chi connectivity index (χ1) is 20.2. The van der Waals surface area contributed by atoms with Crippen LogP contribution in [0.4, 0.5) is 5.69 Å². The molecule has 1 unspecified atom stereocenters. The van der Waals surface area contributed by atoms with Gasteiger partial charge in [-0.1, -0.05) is 78.9 Å². The van der Waals surface area contributed by atoms with Crippen molar-refractivity contribution in [2.75, 3.05) is 5.32 Å². The quantitative estimate of drug-likeness (QED) is 0.170. The highest BCUT2D eigenvalue weighted by Gasteiger charge is 2.43. The summed E-state index contributed by atoms with van der Waals surface area (Å²) in [4.78, 5) is 4.58. The molecular formula is C33H27N4O3P. The van der Waals surface area contributed by atoms with Crippen LogP contribution < -0.4 is 14.4 Å². The van der Waals surface area contributed by atoms with Crippen molar-refractivity contribution in [3.63, 3.8) is 0 Å². The van der Waals surface area contributed by atoms with Crippen LogP contribution in [0, 0.1) is 0 Å². The summed E-state index contributed by atoms with van der Waals surface area (Å²) in [5.41, 5.74) is 3.37. The molecule has 0 aliphatic carbocycles. The molecule has 0 aliphatic rings. The van der Waals surface area contributed by atoms with Gasteiger partial charge in [-0.3, -0.25) is 4.98 Å². The SMILES string of the molecule is O=P(Oc1ccccc1)(Oc1ccccc1)C(Nc1ccccc1)c1cn(-c2ccccc2)nc1-c1ccccn1. The molecule has 0 radical (unpaired) electrons. The van der Waals surface area contributed by atoms with Gasteiger partial charge in [0.25, 0.3) is 0 Å². The standard InChI is InChI=1S/C33H27N4O3P/c38-41(39-28-19-9-3-10-20-28,40-29-21-11-4-12-22-29)33(35-26-15-5-1-6-16-26)30-25-37(27-17-7-2-8-18-27)36-32(30)31-23-13-14-24-34-31/h1-25,33,35H. The first kappa shape index (κ1) is 26.1. The summed E-state index contributed by atoms with van der Waals surface area (Å²) < 4.78 is 29.6. The van der Waals surface area contributed by atoms with Crippen LogP contribution in [0.25, 0.3) is 17.1 Å². The number of anilines is 1. The third-order valence-electron chi connectivity index (χ3n) is 6.31. The van der Waals surface area contributed by atoms with Crippen LogP contribution in [0.2, 0.25) is 0 Å². The van der Waals surface area contributed by atoms with Gasteiger partial charge >= 0.3 is 7.60 Å². The van der Waals surface area contributed by atoms with Gasteiger partial charge in [-0.2, -0.15) is 5.10 Å². The van der Waals surface area contributed by atoms with E-state index >= 15 is 4.57 Å². The number of para-hydroxylation sites is 4. The summed E-state index contributed by atoms with van der Waals surface area (Å²) in [5, 5.41) is 8.38. The van der Waals surface area contributed by atoms with Crippen molar-refractivity contribution in [3.05, 3.63) is 157 Å². The molecule has 202 valence electrons. The highest BCUT2D eigenvalue weighted by Crippen LogP contribution is 2.61. The Balaban J connectivity index is 1.56. The zero-order chi connectivity index (χ0) is 27.9. The van der Waals surface area contributed by atoms with E-state index in [1.54, 1.807) is 35.1 Å². The molecule has 0 aliphatic heterocycles. The molecule has 2 heterocycles. The first-order valence-electron chi connectivity index (χ1n) is 13.1. The second-order valence-electron chi connectivity index (χ2n) is 9.19. The third-order valence-corrected chi connectivity index (χ3v) is 8.28. The van der Waals surface area contributed by atoms with Crippen LogP contribution in [-0.4, -0.2) is 14.8 Å². The Bertz CT molecular complexity index is 1690. The minimum atomic E-state index is -4.08. The van der Waals surface area contributed by atoms with Gasteiger partial charge in [0.2, 0.25) is 0 Å². The van der Waals surface area contributed by atoms with E-state index < -0.39 is 13.4 Å². The van der Waals surface area contributed by atoms with Crippen LogP contribution in [0.5, 0.6) is 11.5 Å². The molecule has 0 spiro atoms. The lowest BCUT2D eigenvalue weighted by Gasteiger charge is -2.29. The van der Waals surface area contributed by atoms with Gasteiger partial charge < -0.3 is 14.4 Å². The minimum Gasteiger partial charge on any atom is -0.414 e. The number of pyridine rings is 1. The van der Waals surface area contributed by atoms with E-state index in [2.05, 4.69) is 10.3 Å². The minimum absolute atomic E-state index is 0.418. The number of nitrogens with one attached hydrogen (secondary N) is 1. The van der Waals surface area contributed by atoms with Gasteiger partial charge in [0, 0.05) is 23.6 Å². The Hall–Kier alpha value is -5.13. The molecule has 0 amide bonds. The van der Waals surface area contributed by atoms with E-state index in [1.165, 1.54) is 0 Å². The summed E-state index contributed by atoms with van der Waals surface area (Å²) in [6.45, 7) is 0. The van der Waals surface area contributed by atoms with E-state index in [1.807, 2.05) is 121 Å². The lowest BCUT2D eigenvalue weighted by Crippen LogP contribution is -2.18. The fourth-order valence-corrected chi connectivity index (χ4v) is 6.32. The summed E-state index contributed by atoms with van der Waals surface area (Å²) in [7, 11) is -4.08. The average Bonchev–Trinajstić information content (AvgIpc) is 3.47. The molecule has 0 fully saturated rings. The predicted molar refractivity (Wildman–Crippen MR) is 161 cm³/mol. The number of rotatable bonds is 10. The maximum absolute atomic E-state index is 15.2. The van der Waals surface area contributed by atoms with Crippen LogP contribution in [-0.2, 0) is 4.57 Å². The number of benzene rings is 4. The zero-order valence-electron chi connectivity index (χ0n) is 22.0. The molecule has 8 heteroatoms. The van der Waals surface area contributed by atoms with E-state index in [9.17, 15) is 0 Å². The van der Waals surface area contributed by atoms with E-state index in [0.29, 0.717) is 28.5 Å². The van der Waals surface area contributed by atoms with Crippen LogP contribution >= 0.6 is 7.60 Å². The smallest absolute Gasteiger partial charge is 0.414 e. The fourth-order valence-electron chi connectivity index (χ4n) is 4.40. The van der Waals surface area contributed by atoms with Crippen molar-refractivity contribution >= 4 is 13.3 Å². The molecule has 6 rings (SSSR count). The Morgan fingerprint density at radius 3 is 1.76 bits per heavy atom. The number of aromatic nitrogens is 3. The zero-order valence-corrected chi connectivity index (χ0v) is 22.9. The van der Waals surface area contributed by atoms with Gasteiger partial charge in [-0.25, -0.2) is 9.25 Å². The maximum Gasteiger partial charge on any atom is 0.457 e. The van der Waals surface area contributed by atoms with Crippen molar-refractivity contribution in [1.29, 1.82) is 0 Å². The second kappa shape index (κ2) is 11.9. The molecular weight excluding hydrogens is 531 g/mol.